The van der Waals surface area contributed by atoms with E-state index in [0.29, 0.717) is 18.7 Å². The van der Waals surface area contributed by atoms with E-state index in [-0.39, 0.29) is 23.7 Å². The van der Waals surface area contributed by atoms with E-state index in [0.717, 1.165) is 29.8 Å². The standard InChI is InChI=1S/C19H18FN3O2/c20-13-3-1-4-15(11-13)23-8-2-5-17(19(23)25)21-14-6-7-16-12(9-14)10-18(24)22-16/h1,3-4,6-7,9,11,17,21H,2,5,8,10H2,(H,22,24). The average Bonchev–Trinajstić information content (AvgIpc) is 2.96. The molecule has 2 aliphatic heterocycles. The van der Waals surface area contributed by atoms with Crippen molar-refractivity contribution in [3.63, 3.8) is 0 Å². The van der Waals surface area contributed by atoms with Crippen molar-refractivity contribution in [2.45, 2.75) is 25.3 Å². The topological polar surface area (TPSA) is 61.4 Å². The van der Waals surface area contributed by atoms with Gasteiger partial charge < -0.3 is 15.5 Å². The van der Waals surface area contributed by atoms with E-state index in [4.69, 9.17) is 0 Å². The third-order valence-electron chi connectivity index (χ3n) is 4.63. The number of anilines is 3. The van der Waals surface area contributed by atoms with Crippen molar-refractivity contribution in [3.8, 4) is 0 Å². The van der Waals surface area contributed by atoms with Gasteiger partial charge in [-0.1, -0.05) is 6.07 Å². The molecule has 0 spiro atoms. The smallest absolute Gasteiger partial charge is 0.249 e. The first-order valence-corrected chi connectivity index (χ1v) is 8.36. The van der Waals surface area contributed by atoms with E-state index in [9.17, 15) is 14.0 Å². The number of halogens is 1. The lowest BCUT2D eigenvalue weighted by molar-refractivity contribution is -0.120. The van der Waals surface area contributed by atoms with Crippen molar-refractivity contribution in [2.75, 3.05) is 22.1 Å². The van der Waals surface area contributed by atoms with Crippen LogP contribution in [0.3, 0.4) is 0 Å². The molecule has 0 bridgehead atoms. The van der Waals surface area contributed by atoms with Crippen LogP contribution in [0.5, 0.6) is 0 Å². The summed E-state index contributed by atoms with van der Waals surface area (Å²) >= 11 is 0. The second-order valence-electron chi connectivity index (χ2n) is 6.41. The van der Waals surface area contributed by atoms with E-state index in [1.54, 1.807) is 17.0 Å². The molecule has 0 radical (unpaired) electrons. The third-order valence-corrected chi connectivity index (χ3v) is 4.63. The SMILES string of the molecule is O=C1Cc2cc(NC3CCCN(c4cccc(F)c4)C3=O)ccc2N1. The maximum atomic E-state index is 13.5. The van der Waals surface area contributed by atoms with E-state index in [1.165, 1.54) is 12.1 Å². The van der Waals surface area contributed by atoms with Crippen LogP contribution in [-0.4, -0.2) is 24.4 Å². The second kappa shape index (κ2) is 6.20. The molecule has 6 heteroatoms. The Hall–Kier alpha value is -2.89. The number of fused-ring (bicyclic) bond motifs is 1. The van der Waals surface area contributed by atoms with Crippen LogP contribution in [0, 0.1) is 5.82 Å². The van der Waals surface area contributed by atoms with Crippen LogP contribution in [0.4, 0.5) is 21.5 Å². The maximum absolute atomic E-state index is 13.5. The molecule has 1 fully saturated rings. The molecule has 0 saturated carbocycles. The molecule has 1 saturated heterocycles. The fraction of sp³-hybridized carbons (Fsp3) is 0.263. The number of nitrogens with zero attached hydrogens (tertiary/aromatic N) is 1. The Balaban J connectivity index is 1.52. The van der Waals surface area contributed by atoms with Crippen molar-refractivity contribution in [2.24, 2.45) is 0 Å². The van der Waals surface area contributed by atoms with Gasteiger partial charge in [-0.25, -0.2) is 4.39 Å². The highest BCUT2D eigenvalue weighted by Gasteiger charge is 2.30. The summed E-state index contributed by atoms with van der Waals surface area (Å²) in [4.78, 5) is 25.9. The van der Waals surface area contributed by atoms with Crippen LogP contribution in [0.2, 0.25) is 0 Å². The first-order valence-electron chi connectivity index (χ1n) is 8.36. The van der Waals surface area contributed by atoms with Gasteiger partial charge in [0.1, 0.15) is 11.9 Å². The summed E-state index contributed by atoms with van der Waals surface area (Å²) < 4.78 is 13.5. The van der Waals surface area contributed by atoms with Crippen LogP contribution in [0.1, 0.15) is 18.4 Å². The van der Waals surface area contributed by atoms with Gasteiger partial charge in [0.05, 0.1) is 6.42 Å². The lowest BCUT2D eigenvalue weighted by Crippen LogP contribution is -2.47. The lowest BCUT2D eigenvalue weighted by atomic mass is 10.0. The molecule has 2 aliphatic rings. The molecule has 128 valence electrons. The molecule has 0 aromatic heterocycles. The van der Waals surface area contributed by atoms with E-state index in [1.807, 2.05) is 18.2 Å². The first kappa shape index (κ1) is 15.6. The molecule has 0 aliphatic carbocycles. The zero-order chi connectivity index (χ0) is 17.4. The van der Waals surface area contributed by atoms with Gasteiger partial charge in [-0.2, -0.15) is 0 Å². The van der Waals surface area contributed by atoms with Gasteiger partial charge in [0.15, 0.2) is 0 Å². The molecule has 2 aromatic carbocycles. The minimum Gasteiger partial charge on any atom is -0.374 e. The number of amides is 2. The quantitative estimate of drug-likeness (QED) is 0.904. The van der Waals surface area contributed by atoms with Gasteiger partial charge in [0.25, 0.3) is 0 Å². The molecule has 2 aromatic rings. The van der Waals surface area contributed by atoms with Gasteiger partial charge in [0, 0.05) is 23.6 Å². The number of carbonyl (C=O) groups excluding carboxylic acids is 2. The van der Waals surface area contributed by atoms with Crippen LogP contribution in [-0.2, 0) is 16.0 Å². The molecule has 25 heavy (non-hydrogen) atoms. The van der Waals surface area contributed by atoms with E-state index >= 15 is 0 Å². The molecule has 2 amide bonds. The van der Waals surface area contributed by atoms with Crippen molar-refractivity contribution < 1.29 is 14.0 Å². The fourth-order valence-corrected chi connectivity index (χ4v) is 3.43. The lowest BCUT2D eigenvalue weighted by Gasteiger charge is -2.33. The highest BCUT2D eigenvalue weighted by Crippen LogP contribution is 2.28. The third kappa shape index (κ3) is 3.07. The summed E-state index contributed by atoms with van der Waals surface area (Å²) in [7, 11) is 0. The summed E-state index contributed by atoms with van der Waals surface area (Å²) in [6.45, 7) is 0.586. The summed E-state index contributed by atoms with van der Waals surface area (Å²) in [5, 5.41) is 6.06. The van der Waals surface area contributed by atoms with Crippen LogP contribution < -0.4 is 15.5 Å². The molecule has 2 heterocycles. The number of piperidine rings is 1. The monoisotopic (exact) mass is 339 g/mol. The number of hydrogen-bond acceptors (Lipinski definition) is 3. The maximum Gasteiger partial charge on any atom is 0.249 e. The Bertz CT molecular complexity index is 852. The number of hydrogen-bond donors (Lipinski definition) is 2. The predicted molar refractivity (Wildman–Crippen MR) is 94.2 cm³/mol. The summed E-state index contributed by atoms with van der Waals surface area (Å²) in [6, 6.07) is 11.4. The van der Waals surface area contributed by atoms with E-state index < -0.39 is 0 Å². The molecule has 1 unspecified atom stereocenters. The average molecular weight is 339 g/mol. The fourth-order valence-electron chi connectivity index (χ4n) is 3.43. The number of nitrogens with one attached hydrogen (secondary N) is 2. The van der Waals surface area contributed by atoms with Gasteiger partial charge in [-0.3, -0.25) is 9.59 Å². The van der Waals surface area contributed by atoms with Crippen LogP contribution in [0.15, 0.2) is 42.5 Å². The van der Waals surface area contributed by atoms with Crippen molar-refractivity contribution in [1.29, 1.82) is 0 Å². The van der Waals surface area contributed by atoms with Crippen LogP contribution >= 0.6 is 0 Å². The molecule has 4 rings (SSSR count). The highest BCUT2D eigenvalue weighted by molar-refractivity contribution is 6.01. The Morgan fingerprint density at radius 1 is 1.16 bits per heavy atom. The zero-order valence-electron chi connectivity index (χ0n) is 13.6. The Kier molecular flexibility index (Phi) is 3.87. The molecule has 2 N–H and O–H groups in total. The summed E-state index contributed by atoms with van der Waals surface area (Å²) in [5.74, 6) is -0.430. The van der Waals surface area contributed by atoms with Crippen molar-refractivity contribution in [3.05, 3.63) is 53.8 Å². The number of carbonyl (C=O) groups is 2. The number of benzene rings is 2. The molecule has 1 atom stereocenters. The first-order chi connectivity index (χ1) is 12.1. The van der Waals surface area contributed by atoms with Gasteiger partial charge in [-0.15, -0.1) is 0 Å². The minimum absolute atomic E-state index is 0.0156. The van der Waals surface area contributed by atoms with Gasteiger partial charge >= 0.3 is 0 Å². The van der Waals surface area contributed by atoms with Gasteiger partial charge in [-0.05, 0) is 54.8 Å². The Labute approximate surface area is 144 Å². The molecular weight excluding hydrogens is 321 g/mol. The number of rotatable bonds is 3. The van der Waals surface area contributed by atoms with Crippen molar-refractivity contribution >= 4 is 28.9 Å². The largest absolute Gasteiger partial charge is 0.374 e. The van der Waals surface area contributed by atoms with Crippen LogP contribution in [0.25, 0.3) is 0 Å². The highest BCUT2D eigenvalue weighted by atomic mass is 19.1. The zero-order valence-corrected chi connectivity index (χ0v) is 13.6. The molecular formula is C19H18FN3O2. The predicted octanol–water partition coefficient (Wildman–Crippen LogP) is 2.93. The summed E-state index contributed by atoms with van der Waals surface area (Å²) in [6.07, 6.45) is 1.92. The molecule has 5 nitrogen and oxygen atoms in total. The van der Waals surface area contributed by atoms with Gasteiger partial charge in [0.2, 0.25) is 11.8 Å². The Morgan fingerprint density at radius 3 is 2.88 bits per heavy atom. The second-order valence-corrected chi connectivity index (χ2v) is 6.41. The Morgan fingerprint density at radius 2 is 2.04 bits per heavy atom. The summed E-state index contributed by atoms with van der Waals surface area (Å²) in [5.41, 5.74) is 3.15. The minimum atomic E-state index is -0.361. The normalized spacial score (nSPS) is 19.6. The van der Waals surface area contributed by atoms with E-state index in [2.05, 4.69) is 10.6 Å². The van der Waals surface area contributed by atoms with Crippen molar-refractivity contribution in [1.82, 2.24) is 0 Å².